The molecule has 0 aliphatic carbocycles. The van der Waals surface area contributed by atoms with Crippen LogP contribution in [0.15, 0.2) is 30.3 Å². The summed E-state index contributed by atoms with van der Waals surface area (Å²) >= 11 is 0. The largest absolute Gasteiger partial charge is 0.337 e. The number of hydrogen-bond acceptors (Lipinski definition) is 3. The van der Waals surface area contributed by atoms with Gasteiger partial charge in [0.15, 0.2) is 0 Å². The molecular weight excluding hydrogens is 274 g/mol. The molecule has 4 nitrogen and oxygen atoms in total. The van der Waals surface area contributed by atoms with Crippen molar-refractivity contribution < 1.29 is 4.79 Å². The molecule has 2 atom stereocenters. The average Bonchev–Trinajstić information content (AvgIpc) is 2.94. The maximum Gasteiger partial charge on any atom is 0.239 e. The minimum Gasteiger partial charge on any atom is -0.337 e. The first-order valence-corrected chi connectivity index (χ1v) is 8.33. The zero-order valence-corrected chi connectivity index (χ0v) is 14.0. The summed E-state index contributed by atoms with van der Waals surface area (Å²) in [5.41, 5.74) is 7.11. The average molecular weight is 303 g/mol. The van der Waals surface area contributed by atoms with E-state index >= 15 is 0 Å². The Morgan fingerprint density at radius 1 is 1.32 bits per heavy atom. The molecule has 1 saturated heterocycles. The van der Waals surface area contributed by atoms with Crippen LogP contribution in [0, 0.1) is 0 Å². The van der Waals surface area contributed by atoms with Crippen LogP contribution in [0.3, 0.4) is 0 Å². The summed E-state index contributed by atoms with van der Waals surface area (Å²) in [6, 6.07) is 10.9. The number of likely N-dealkylation sites (tertiary alicyclic amines) is 1. The number of carbonyl (C=O) groups is 1. The van der Waals surface area contributed by atoms with Crippen LogP contribution in [-0.2, 0) is 11.3 Å². The first kappa shape index (κ1) is 17.0. The van der Waals surface area contributed by atoms with Gasteiger partial charge in [0, 0.05) is 31.7 Å². The number of rotatable bonds is 6. The van der Waals surface area contributed by atoms with Gasteiger partial charge in [-0.3, -0.25) is 9.69 Å². The van der Waals surface area contributed by atoms with Gasteiger partial charge >= 0.3 is 0 Å². The Morgan fingerprint density at radius 3 is 2.59 bits per heavy atom. The molecule has 22 heavy (non-hydrogen) atoms. The molecular formula is C18H29N3O. The van der Waals surface area contributed by atoms with Gasteiger partial charge in [0.1, 0.15) is 0 Å². The molecule has 1 aliphatic rings. The van der Waals surface area contributed by atoms with Crippen LogP contribution in [0.4, 0.5) is 0 Å². The molecule has 1 aromatic carbocycles. The second kappa shape index (κ2) is 7.75. The summed E-state index contributed by atoms with van der Waals surface area (Å²) in [4.78, 5) is 16.7. The zero-order chi connectivity index (χ0) is 16.1. The predicted octanol–water partition coefficient (Wildman–Crippen LogP) is 2.24. The van der Waals surface area contributed by atoms with Crippen molar-refractivity contribution in [3.05, 3.63) is 35.9 Å². The first-order chi connectivity index (χ1) is 10.5. The third-order valence-corrected chi connectivity index (χ3v) is 4.45. The van der Waals surface area contributed by atoms with Gasteiger partial charge in [-0.2, -0.15) is 0 Å². The standard InChI is InChI=1S/C18H29N3O/c1-14(2)20(12-16-8-5-4-6-9-16)13-17-10-7-11-21(17)18(22)15(3)19/h4-6,8-9,14-15,17H,7,10-13,19H2,1-3H3/t15?,17-/m0/s1. The lowest BCUT2D eigenvalue weighted by Gasteiger charge is -2.34. The SMILES string of the molecule is CC(N)C(=O)N1CCC[C@H]1CN(Cc1ccccc1)C(C)C. The van der Waals surface area contributed by atoms with Crippen molar-refractivity contribution in [1.29, 1.82) is 0 Å². The molecule has 1 fully saturated rings. The topological polar surface area (TPSA) is 49.6 Å². The van der Waals surface area contributed by atoms with Crippen LogP contribution in [0.25, 0.3) is 0 Å². The molecule has 0 saturated carbocycles. The molecule has 0 radical (unpaired) electrons. The zero-order valence-electron chi connectivity index (χ0n) is 14.0. The monoisotopic (exact) mass is 303 g/mol. The second-order valence-corrected chi connectivity index (χ2v) is 6.63. The third-order valence-electron chi connectivity index (χ3n) is 4.45. The van der Waals surface area contributed by atoms with E-state index in [1.807, 2.05) is 11.0 Å². The number of amides is 1. The number of nitrogens with two attached hydrogens (primary N) is 1. The van der Waals surface area contributed by atoms with Crippen LogP contribution in [-0.4, -0.2) is 46.9 Å². The van der Waals surface area contributed by atoms with Crippen molar-refractivity contribution in [3.8, 4) is 0 Å². The molecule has 0 spiro atoms. The molecule has 2 rings (SSSR count). The van der Waals surface area contributed by atoms with E-state index in [2.05, 4.69) is 43.0 Å². The van der Waals surface area contributed by atoms with E-state index in [0.717, 1.165) is 32.5 Å². The fourth-order valence-corrected chi connectivity index (χ4v) is 3.12. The molecule has 1 aromatic rings. The Hall–Kier alpha value is -1.39. The normalized spacial score (nSPS) is 19.9. The van der Waals surface area contributed by atoms with Gasteiger partial charge in [0.2, 0.25) is 5.91 Å². The number of hydrogen-bond donors (Lipinski definition) is 1. The maximum atomic E-state index is 12.2. The minimum atomic E-state index is -0.401. The summed E-state index contributed by atoms with van der Waals surface area (Å²) in [6.45, 7) is 8.91. The van der Waals surface area contributed by atoms with Gasteiger partial charge in [0.05, 0.1) is 6.04 Å². The Kier molecular flexibility index (Phi) is 5.98. The molecule has 122 valence electrons. The summed E-state index contributed by atoms with van der Waals surface area (Å²) in [6.07, 6.45) is 2.16. The van der Waals surface area contributed by atoms with Crippen LogP contribution in [0.1, 0.15) is 39.2 Å². The van der Waals surface area contributed by atoms with Gasteiger partial charge < -0.3 is 10.6 Å². The van der Waals surface area contributed by atoms with Crippen LogP contribution >= 0.6 is 0 Å². The van der Waals surface area contributed by atoms with Gasteiger partial charge in [-0.05, 0) is 39.2 Å². The highest BCUT2D eigenvalue weighted by atomic mass is 16.2. The highest BCUT2D eigenvalue weighted by molar-refractivity contribution is 5.81. The minimum absolute atomic E-state index is 0.0888. The number of carbonyl (C=O) groups excluding carboxylic acids is 1. The first-order valence-electron chi connectivity index (χ1n) is 8.33. The van der Waals surface area contributed by atoms with Gasteiger partial charge in [0.25, 0.3) is 0 Å². The molecule has 2 N–H and O–H groups in total. The van der Waals surface area contributed by atoms with Crippen LogP contribution in [0.2, 0.25) is 0 Å². The molecule has 0 bridgehead atoms. The van der Waals surface area contributed by atoms with E-state index in [9.17, 15) is 4.79 Å². The maximum absolute atomic E-state index is 12.2. The second-order valence-electron chi connectivity index (χ2n) is 6.63. The fourth-order valence-electron chi connectivity index (χ4n) is 3.12. The van der Waals surface area contributed by atoms with E-state index in [-0.39, 0.29) is 5.91 Å². The van der Waals surface area contributed by atoms with E-state index in [1.54, 1.807) is 6.92 Å². The molecule has 1 heterocycles. The van der Waals surface area contributed by atoms with E-state index in [4.69, 9.17) is 5.73 Å². The van der Waals surface area contributed by atoms with Crippen molar-refractivity contribution in [2.75, 3.05) is 13.1 Å². The third kappa shape index (κ3) is 4.31. The smallest absolute Gasteiger partial charge is 0.239 e. The van der Waals surface area contributed by atoms with Crippen molar-refractivity contribution in [2.45, 2.75) is 58.3 Å². The van der Waals surface area contributed by atoms with E-state index in [1.165, 1.54) is 5.56 Å². The molecule has 1 aliphatic heterocycles. The lowest BCUT2D eigenvalue weighted by atomic mass is 10.1. The van der Waals surface area contributed by atoms with Crippen molar-refractivity contribution in [3.63, 3.8) is 0 Å². The summed E-state index contributed by atoms with van der Waals surface area (Å²) in [7, 11) is 0. The molecule has 4 heteroatoms. The summed E-state index contributed by atoms with van der Waals surface area (Å²) in [5, 5.41) is 0. The highest BCUT2D eigenvalue weighted by Gasteiger charge is 2.31. The Balaban J connectivity index is 2.02. The highest BCUT2D eigenvalue weighted by Crippen LogP contribution is 2.21. The van der Waals surface area contributed by atoms with Gasteiger partial charge in [-0.25, -0.2) is 0 Å². The fraction of sp³-hybridized carbons (Fsp3) is 0.611. The van der Waals surface area contributed by atoms with Crippen LogP contribution in [0.5, 0.6) is 0 Å². The lowest BCUT2D eigenvalue weighted by molar-refractivity contribution is -0.133. The molecule has 1 amide bonds. The van der Waals surface area contributed by atoms with E-state index in [0.29, 0.717) is 12.1 Å². The summed E-state index contributed by atoms with van der Waals surface area (Å²) in [5.74, 6) is 0.0888. The van der Waals surface area contributed by atoms with Crippen LogP contribution < -0.4 is 5.73 Å². The Labute approximate surface area is 134 Å². The summed E-state index contributed by atoms with van der Waals surface area (Å²) < 4.78 is 0. The molecule has 0 aromatic heterocycles. The van der Waals surface area contributed by atoms with Gasteiger partial charge in [-0.15, -0.1) is 0 Å². The quantitative estimate of drug-likeness (QED) is 0.877. The van der Waals surface area contributed by atoms with Crippen molar-refractivity contribution in [2.24, 2.45) is 5.73 Å². The lowest BCUT2D eigenvalue weighted by Crippen LogP contribution is -2.49. The van der Waals surface area contributed by atoms with Crippen molar-refractivity contribution in [1.82, 2.24) is 9.80 Å². The number of benzene rings is 1. The Bertz CT molecular complexity index is 472. The van der Waals surface area contributed by atoms with Crippen molar-refractivity contribution >= 4 is 5.91 Å². The Morgan fingerprint density at radius 2 is 2.00 bits per heavy atom. The predicted molar refractivity (Wildman–Crippen MR) is 90.4 cm³/mol. The number of nitrogens with zero attached hydrogens (tertiary/aromatic N) is 2. The van der Waals surface area contributed by atoms with Gasteiger partial charge in [-0.1, -0.05) is 30.3 Å². The molecule has 1 unspecified atom stereocenters. The van der Waals surface area contributed by atoms with E-state index < -0.39 is 6.04 Å².